The van der Waals surface area contributed by atoms with Crippen LogP contribution < -0.4 is 10.2 Å². The van der Waals surface area contributed by atoms with E-state index in [1.807, 2.05) is 13.4 Å². The maximum atomic E-state index is 4.39. The van der Waals surface area contributed by atoms with Crippen molar-refractivity contribution in [3.05, 3.63) is 47.0 Å². The quantitative estimate of drug-likeness (QED) is 0.866. The number of aromatic nitrogens is 2. The Balaban J connectivity index is 1.71. The smallest absolute Gasteiger partial charge is 0.128 e. The van der Waals surface area contributed by atoms with E-state index in [1.54, 1.807) is 0 Å². The molecule has 2 heterocycles. The molecule has 1 fully saturated rings. The Kier molecular flexibility index (Phi) is 5.35. The van der Waals surface area contributed by atoms with E-state index in [4.69, 9.17) is 0 Å². The normalized spacial score (nSPS) is 17.4. The monoisotopic (exact) mass is 377 g/mol. The van der Waals surface area contributed by atoms with Gasteiger partial charge in [-0.3, -0.25) is 4.90 Å². The molecule has 1 aromatic carbocycles. The predicted octanol–water partition coefficient (Wildman–Crippen LogP) is 2.27. The fourth-order valence-electron chi connectivity index (χ4n) is 3.31. The molecule has 3 rings (SSSR count). The number of aryl methyl sites for hydroxylation is 1. The standard InChI is InChI=1S/C17H24BrN5/c1-19-12-15(16-17(18)20-13-21(16)2)23-10-8-22(9-11-23)14-6-4-3-5-7-14/h3-7,13,15,19H,8-12H2,1-2H3. The molecule has 0 aliphatic carbocycles. The molecule has 0 radical (unpaired) electrons. The van der Waals surface area contributed by atoms with Crippen molar-refractivity contribution in [2.45, 2.75) is 6.04 Å². The average molecular weight is 378 g/mol. The minimum absolute atomic E-state index is 0.333. The van der Waals surface area contributed by atoms with E-state index in [-0.39, 0.29) is 0 Å². The third kappa shape index (κ3) is 3.59. The highest BCUT2D eigenvalue weighted by molar-refractivity contribution is 9.10. The van der Waals surface area contributed by atoms with E-state index in [1.165, 1.54) is 11.4 Å². The van der Waals surface area contributed by atoms with Crippen molar-refractivity contribution < 1.29 is 0 Å². The van der Waals surface area contributed by atoms with Crippen LogP contribution in [0.5, 0.6) is 0 Å². The lowest BCUT2D eigenvalue weighted by atomic mass is 10.1. The molecular weight excluding hydrogens is 354 g/mol. The van der Waals surface area contributed by atoms with Gasteiger partial charge >= 0.3 is 0 Å². The summed E-state index contributed by atoms with van der Waals surface area (Å²) in [4.78, 5) is 9.41. The number of hydrogen-bond donors (Lipinski definition) is 1. The first-order valence-corrected chi connectivity index (χ1v) is 8.85. The lowest BCUT2D eigenvalue weighted by Gasteiger charge is -2.40. The number of piperazine rings is 1. The molecule has 1 aromatic heterocycles. The van der Waals surface area contributed by atoms with Gasteiger partial charge in [0, 0.05) is 45.5 Å². The van der Waals surface area contributed by atoms with Crippen LogP contribution in [-0.2, 0) is 7.05 Å². The Hall–Kier alpha value is -1.37. The maximum absolute atomic E-state index is 4.39. The van der Waals surface area contributed by atoms with E-state index < -0.39 is 0 Å². The van der Waals surface area contributed by atoms with Crippen molar-refractivity contribution in [2.75, 3.05) is 44.7 Å². The maximum Gasteiger partial charge on any atom is 0.128 e. The number of halogens is 1. The number of likely N-dealkylation sites (N-methyl/N-ethyl adjacent to an activating group) is 1. The highest BCUT2D eigenvalue weighted by Gasteiger charge is 2.28. The van der Waals surface area contributed by atoms with Crippen LogP contribution >= 0.6 is 15.9 Å². The fraction of sp³-hybridized carbons (Fsp3) is 0.471. The summed E-state index contributed by atoms with van der Waals surface area (Å²) in [6.07, 6.45) is 1.88. The molecular formula is C17H24BrN5. The van der Waals surface area contributed by atoms with Crippen LogP contribution in [0.4, 0.5) is 5.69 Å². The van der Waals surface area contributed by atoms with Gasteiger partial charge in [0.05, 0.1) is 18.1 Å². The molecule has 124 valence electrons. The fourth-order valence-corrected chi connectivity index (χ4v) is 3.94. The van der Waals surface area contributed by atoms with Gasteiger partial charge < -0.3 is 14.8 Å². The molecule has 1 unspecified atom stereocenters. The van der Waals surface area contributed by atoms with Crippen molar-refractivity contribution in [3.63, 3.8) is 0 Å². The van der Waals surface area contributed by atoms with E-state index in [9.17, 15) is 0 Å². The van der Waals surface area contributed by atoms with Crippen molar-refractivity contribution in [3.8, 4) is 0 Å². The summed E-state index contributed by atoms with van der Waals surface area (Å²) in [7, 11) is 4.08. The van der Waals surface area contributed by atoms with E-state index in [2.05, 4.69) is 78.0 Å². The summed E-state index contributed by atoms with van der Waals surface area (Å²) in [5, 5.41) is 3.33. The largest absolute Gasteiger partial charge is 0.369 e. The second-order valence-electron chi connectivity index (χ2n) is 5.96. The second-order valence-corrected chi connectivity index (χ2v) is 6.71. The second kappa shape index (κ2) is 7.47. The van der Waals surface area contributed by atoms with Crippen molar-refractivity contribution in [1.82, 2.24) is 19.8 Å². The summed E-state index contributed by atoms with van der Waals surface area (Å²) in [6.45, 7) is 5.14. The highest BCUT2D eigenvalue weighted by atomic mass is 79.9. The summed E-state index contributed by atoms with van der Waals surface area (Å²) in [5.41, 5.74) is 2.56. The zero-order chi connectivity index (χ0) is 16.2. The summed E-state index contributed by atoms with van der Waals surface area (Å²) in [6, 6.07) is 11.0. The third-order valence-electron chi connectivity index (χ3n) is 4.53. The van der Waals surface area contributed by atoms with Crippen LogP contribution in [0.25, 0.3) is 0 Å². The Bertz CT molecular complexity index is 600. The van der Waals surface area contributed by atoms with Crippen LogP contribution in [0.3, 0.4) is 0 Å². The van der Waals surface area contributed by atoms with Gasteiger partial charge in [-0.2, -0.15) is 0 Å². The molecule has 1 atom stereocenters. The van der Waals surface area contributed by atoms with Gasteiger partial charge in [0.15, 0.2) is 0 Å². The minimum atomic E-state index is 0.333. The van der Waals surface area contributed by atoms with Gasteiger partial charge in [-0.15, -0.1) is 0 Å². The number of imidazole rings is 1. The first-order valence-electron chi connectivity index (χ1n) is 8.06. The van der Waals surface area contributed by atoms with E-state index >= 15 is 0 Å². The molecule has 0 saturated carbocycles. The van der Waals surface area contributed by atoms with Gasteiger partial charge in [-0.05, 0) is 35.1 Å². The predicted molar refractivity (Wildman–Crippen MR) is 97.8 cm³/mol. The van der Waals surface area contributed by atoms with Gasteiger partial charge in [0.25, 0.3) is 0 Å². The zero-order valence-electron chi connectivity index (χ0n) is 13.7. The number of benzene rings is 1. The van der Waals surface area contributed by atoms with Crippen LogP contribution in [0.2, 0.25) is 0 Å². The number of rotatable bonds is 5. The van der Waals surface area contributed by atoms with Gasteiger partial charge in [-0.25, -0.2) is 4.98 Å². The minimum Gasteiger partial charge on any atom is -0.369 e. The molecule has 0 amide bonds. The molecule has 0 bridgehead atoms. The molecule has 6 heteroatoms. The van der Waals surface area contributed by atoms with Crippen LogP contribution in [0, 0.1) is 0 Å². The van der Waals surface area contributed by atoms with Crippen molar-refractivity contribution in [1.29, 1.82) is 0 Å². The SMILES string of the molecule is CNCC(c1c(Br)ncn1C)N1CCN(c2ccccc2)CC1. The molecule has 23 heavy (non-hydrogen) atoms. The van der Waals surface area contributed by atoms with Crippen LogP contribution in [0.1, 0.15) is 11.7 Å². The Morgan fingerprint density at radius 1 is 1.17 bits per heavy atom. The molecule has 1 aliphatic heterocycles. The van der Waals surface area contributed by atoms with Crippen LogP contribution in [-0.4, -0.2) is 54.2 Å². The lowest BCUT2D eigenvalue weighted by molar-refractivity contribution is 0.177. The van der Waals surface area contributed by atoms with E-state index in [0.29, 0.717) is 6.04 Å². The topological polar surface area (TPSA) is 36.3 Å². The number of hydrogen-bond acceptors (Lipinski definition) is 4. The zero-order valence-corrected chi connectivity index (χ0v) is 15.3. The summed E-state index contributed by atoms with van der Waals surface area (Å²) in [5.74, 6) is 0. The molecule has 1 saturated heterocycles. The van der Waals surface area contributed by atoms with Gasteiger partial charge in [-0.1, -0.05) is 18.2 Å². The van der Waals surface area contributed by atoms with Gasteiger partial charge in [0.1, 0.15) is 4.60 Å². The lowest BCUT2D eigenvalue weighted by Crippen LogP contribution is -2.49. The third-order valence-corrected chi connectivity index (χ3v) is 5.14. The van der Waals surface area contributed by atoms with Crippen molar-refractivity contribution >= 4 is 21.6 Å². The number of nitrogens with one attached hydrogen (secondary N) is 1. The molecule has 1 N–H and O–H groups in total. The number of para-hydroxylation sites is 1. The molecule has 0 spiro atoms. The number of anilines is 1. The summed E-state index contributed by atoms with van der Waals surface area (Å²) >= 11 is 3.61. The molecule has 2 aromatic rings. The van der Waals surface area contributed by atoms with Crippen LogP contribution in [0.15, 0.2) is 41.3 Å². The average Bonchev–Trinajstić information content (AvgIpc) is 2.92. The highest BCUT2D eigenvalue weighted by Crippen LogP contribution is 2.28. The Morgan fingerprint density at radius 3 is 2.43 bits per heavy atom. The number of nitrogens with zero attached hydrogens (tertiary/aromatic N) is 4. The summed E-state index contributed by atoms with van der Waals surface area (Å²) < 4.78 is 3.07. The molecule has 5 nitrogen and oxygen atoms in total. The van der Waals surface area contributed by atoms with Gasteiger partial charge in [0.2, 0.25) is 0 Å². The first-order chi connectivity index (χ1) is 11.2. The first kappa shape index (κ1) is 16.5. The Morgan fingerprint density at radius 2 is 1.87 bits per heavy atom. The van der Waals surface area contributed by atoms with E-state index in [0.717, 1.165) is 37.3 Å². The molecule has 1 aliphatic rings. The van der Waals surface area contributed by atoms with Crippen molar-refractivity contribution in [2.24, 2.45) is 7.05 Å². The Labute approximate surface area is 146 Å².